The van der Waals surface area contributed by atoms with Crippen LogP contribution in [-0.4, -0.2) is 42.8 Å². The lowest BCUT2D eigenvalue weighted by Gasteiger charge is -2.30. The minimum atomic E-state index is -1.40. The number of halogens is 2. The third-order valence-electron chi connectivity index (χ3n) is 4.78. The van der Waals surface area contributed by atoms with Crippen molar-refractivity contribution in [2.45, 2.75) is 26.1 Å². The first-order chi connectivity index (χ1) is 14.4. The van der Waals surface area contributed by atoms with Gasteiger partial charge >= 0.3 is 12.3 Å². The van der Waals surface area contributed by atoms with E-state index in [4.69, 9.17) is 37.4 Å². The summed E-state index contributed by atoms with van der Waals surface area (Å²) in [5.41, 5.74) is 0. The maximum atomic E-state index is 12.6. The topological polar surface area (TPSA) is 65.1 Å². The van der Waals surface area contributed by atoms with E-state index >= 15 is 0 Å². The SMILES string of the molecule is CC1CCN(C(=O)COC(=O)C(Oc2ccc(Cl)cc2)Oc2ccc(Cl)cc2)CC1. The molecule has 2 aromatic carbocycles. The quantitative estimate of drug-likeness (QED) is 0.455. The van der Waals surface area contributed by atoms with Gasteiger partial charge in [0, 0.05) is 23.1 Å². The van der Waals surface area contributed by atoms with Crippen molar-refractivity contribution in [3.63, 3.8) is 0 Å². The lowest BCUT2D eigenvalue weighted by Crippen LogP contribution is -2.42. The Labute approximate surface area is 185 Å². The molecule has 1 aliphatic rings. The molecule has 6 nitrogen and oxygen atoms in total. The van der Waals surface area contributed by atoms with Gasteiger partial charge in [-0.1, -0.05) is 30.1 Å². The number of rotatable bonds is 7. The molecule has 0 radical (unpaired) electrons. The second-order valence-electron chi connectivity index (χ2n) is 7.15. The first kappa shape index (κ1) is 22.2. The molecule has 0 atom stereocenters. The van der Waals surface area contributed by atoms with Crippen LogP contribution in [0.5, 0.6) is 11.5 Å². The van der Waals surface area contributed by atoms with Gasteiger partial charge in [-0.05, 0) is 67.3 Å². The number of carbonyl (C=O) groups excluding carboxylic acids is 2. The molecule has 30 heavy (non-hydrogen) atoms. The van der Waals surface area contributed by atoms with Crippen LogP contribution >= 0.6 is 23.2 Å². The number of ether oxygens (including phenoxy) is 3. The Kier molecular flexibility index (Phi) is 7.82. The molecule has 0 bridgehead atoms. The number of likely N-dealkylation sites (tertiary alicyclic amines) is 1. The average Bonchev–Trinajstić information content (AvgIpc) is 2.75. The Hall–Kier alpha value is -2.44. The average molecular weight is 452 g/mol. The number of piperidine rings is 1. The van der Waals surface area contributed by atoms with Crippen LogP contribution in [0.3, 0.4) is 0 Å². The van der Waals surface area contributed by atoms with E-state index in [-0.39, 0.29) is 12.5 Å². The van der Waals surface area contributed by atoms with Gasteiger partial charge in [0.1, 0.15) is 11.5 Å². The Morgan fingerprint density at radius 2 is 1.40 bits per heavy atom. The molecular weight excluding hydrogens is 429 g/mol. The molecular formula is C22H23Cl2NO5. The Morgan fingerprint density at radius 1 is 0.933 bits per heavy atom. The second-order valence-corrected chi connectivity index (χ2v) is 8.02. The molecule has 0 spiro atoms. The van der Waals surface area contributed by atoms with Crippen molar-refractivity contribution in [2.24, 2.45) is 5.92 Å². The number of esters is 1. The highest BCUT2D eigenvalue weighted by atomic mass is 35.5. The van der Waals surface area contributed by atoms with Gasteiger partial charge in [-0.3, -0.25) is 4.79 Å². The summed E-state index contributed by atoms with van der Waals surface area (Å²) >= 11 is 11.8. The predicted octanol–water partition coefficient (Wildman–Crippen LogP) is 4.58. The summed E-state index contributed by atoms with van der Waals surface area (Å²) in [6, 6.07) is 12.9. The molecule has 2 aromatic rings. The monoisotopic (exact) mass is 451 g/mol. The molecule has 160 valence electrons. The lowest BCUT2D eigenvalue weighted by atomic mass is 9.99. The maximum Gasteiger partial charge on any atom is 0.390 e. The Morgan fingerprint density at radius 3 is 1.87 bits per heavy atom. The molecule has 1 amide bonds. The standard InChI is InChI=1S/C22H23Cl2NO5/c1-15-10-12-25(13-11-15)20(26)14-28-21(27)22(29-18-6-2-16(23)3-7-18)30-19-8-4-17(24)5-9-19/h2-9,15,22H,10-14H2,1H3. The Bertz CT molecular complexity index is 801. The molecule has 8 heteroatoms. The third kappa shape index (κ3) is 6.54. The molecule has 3 rings (SSSR count). The first-order valence-electron chi connectivity index (χ1n) is 9.69. The largest absolute Gasteiger partial charge is 0.450 e. The van der Waals surface area contributed by atoms with Crippen molar-refractivity contribution in [1.82, 2.24) is 4.90 Å². The van der Waals surface area contributed by atoms with Gasteiger partial charge in [-0.15, -0.1) is 0 Å². The van der Waals surface area contributed by atoms with Gasteiger partial charge < -0.3 is 19.1 Å². The fraction of sp³-hybridized carbons (Fsp3) is 0.364. The molecule has 0 aromatic heterocycles. The highest BCUT2D eigenvalue weighted by Gasteiger charge is 2.27. The van der Waals surface area contributed by atoms with Crippen LogP contribution in [0, 0.1) is 5.92 Å². The highest BCUT2D eigenvalue weighted by Crippen LogP contribution is 2.21. The summed E-state index contributed by atoms with van der Waals surface area (Å²) in [6.45, 7) is 3.14. The first-order valence-corrected chi connectivity index (χ1v) is 10.4. The number of hydrogen-bond acceptors (Lipinski definition) is 5. The van der Waals surface area contributed by atoms with Gasteiger partial charge in [0.25, 0.3) is 5.91 Å². The van der Waals surface area contributed by atoms with E-state index in [0.29, 0.717) is 40.6 Å². The normalized spacial score (nSPS) is 14.5. The molecule has 1 heterocycles. The molecule has 1 aliphatic heterocycles. The zero-order chi connectivity index (χ0) is 21.5. The predicted molar refractivity (Wildman–Crippen MR) is 114 cm³/mol. The van der Waals surface area contributed by atoms with Gasteiger partial charge in [-0.25, -0.2) is 4.79 Å². The van der Waals surface area contributed by atoms with Crippen molar-refractivity contribution < 1.29 is 23.8 Å². The summed E-state index contributed by atoms with van der Waals surface area (Å²) in [5, 5.41) is 1.06. The van der Waals surface area contributed by atoms with Gasteiger partial charge in [0.2, 0.25) is 0 Å². The van der Waals surface area contributed by atoms with Crippen LogP contribution in [-0.2, 0) is 14.3 Å². The number of amides is 1. The molecule has 1 saturated heterocycles. The van der Waals surface area contributed by atoms with E-state index in [9.17, 15) is 9.59 Å². The maximum absolute atomic E-state index is 12.6. The fourth-order valence-corrected chi connectivity index (χ4v) is 3.20. The second kappa shape index (κ2) is 10.5. The zero-order valence-corrected chi connectivity index (χ0v) is 18.1. The van der Waals surface area contributed by atoms with Gasteiger partial charge in [-0.2, -0.15) is 0 Å². The summed E-state index contributed by atoms with van der Waals surface area (Å²) in [4.78, 5) is 26.7. The van der Waals surface area contributed by atoms with Crippen LogP contribution in [0.15, 0.2) is 48.5 Å². The van der Waals surface area contributed by atoms with E-state index in [1.807, 2.05) is 0 Å². The number of benzene rings is 2. The minimum absolute atomic E-state index is 0.230. The number of nitrogens with zero attached hydrogens (tertiary/aromatic N) is 1. The Balaban J connectivity index is 1.63. The van der Waals surface area contributed by atoms with Crippen molar-refractivity contribution in [3.05, 3.63) is 58.6 Å². The van der Waals surface area contributed by atoms with Gasteiger partial charge in [0.15, 0.2) is 6.61 Å². The van der Waals surface area contributed by atoms with Crippen LogP contribution in [0.4, 0.5) is 0 Å². The summed E-state index contributed by atoms with van der Waals surface area (Å²) < 4.78 is 16.5. The van der Waals surface area contributed by atoms with E-state index in [2.05, 4.69) is 6.92 Å². The molecule has 0 N–H and O–H groups in total. The van der Waals surface area contributed by atoms with Gasteiger partial charge in [0.05, 0.1) is 0 Å². The van der Waals surface area contributed by atoms with E-state index < -0.39 is 12.3 Å². The van der Waals surface area contributed by atoms with Crippen LogP contribution in [0.2, 0.25) is 10.0 Å². The summed E-state index contributed by atoms with van der Waals surface area (Å²) in [6.07, 6.45) is 0.491. The van der Waals surface area contributed by atoms with Crippen LogP contribution in [0.1, 0.15) is 19.8 Å². The van der Waals surface area contributed by atoms with Crippen LogP contribution < -0.4 is 9.47 Å². The fourth-order valence-electron chi connectivity index (χ4n) is 2.94. The number of carbonyl (C=O) groups is 2. The van der Waals surface area contributed by atoms with Crippen molar-refractivity contribution in [1.29, 1.82) is 0 Å². The van der Waals surface area contributed by atoms with E-state index in [1.54, 1.807) is 53.4 Å². The smallest absolute Gasteiger partial charge is 0.390 e. The third-order valence-corrected chi connectivity index (χ3v) is 5.28. The molecule has 0 saturated carbocycles. The summed E-state index contributed by atoms with van der Waals surface area (Å²) in [5.74, 6) is 0.297. The zero-order valence-electron chi connectivity index (χ0n) is 16.6. The molecule has 0 unspecified atom stereocenters. The van der Waals surface area contributed by atoms with Crippen molar-refractivity contribution in [2.75, 3.05) is 19.7 Å². The van der Waals surface area contributed by atoms with E-state index in [0.717, 1.165) is 12.8 Å². The van der Waals surface area contributed by atoms with Crippen LogP contribution in [0.25, 0.3) is 0 Å². The minimum Gasteiger partial charge on any atom is -0.450 e. The lowest BCUT2D eigenvalue weighted by molar-refractivity contribution is -0.169. The van der Waals surface area contributed by atoms with Crippen molar-refractivity contribution in [3.8, 4) is 11.5 Å². The highest BCUT2D eigenvalue weighted by molar-refractivity contribution is 6.30. The van der Waals surface area contributed by atoms with E-state index in [1.165, 1.54) is 0 Å². The number of hydrogen-bond donors (Lipinski definition) is 0. The summed E-state index contributed by atoms with van der Waals surface area (Å²) in [7, 11) is 0. The molecule has 0 aliphatic carbocycles. The molecule has 1 fully saturated rings. The van der Waals surface area contributed by atoms with Crippen molar-refractivity contribution >= 4 is 35.1 Å².